The molecule has 0 radical (unpaired) electrons. The molecule has 13 aromatic carbocycles. The summed E-state index contributed by atoms with van der Waals surface area (Å²) in [7, 11) is 0. The van der Waals surface area contributed by atoms with Gasteiger partial charge >= 0.3 is 0 Å². The molecule has 0 saturated heterocycles. The van der Waals surface area contributed by atoms with E-state index in [1.807, 2.05) is 0 Å². The minimum absolute atomic E-state index is 1.09. The first-order valence-electron chi connectivity index (χ1n) is 24.5. The number of anilines is 3. The highest BCUT2D eigenvalue weighted by molar-refractivity contribution is 6.22. The predicted molar refractivity (Wildman–Crippen MR) is 304 cm³/mol. The molecule has 0 saturated carbocycles. The molecule has 13 aromatic rings. The van der Waals surface area contributed by atoms with E-state index in [-0.39, 0.29) is 0 Å². The van der Waals surface area contributed by atoms with Gasteiger partial charge in [0, 0.05) is 17.1 Å². The van der Waals surface area contributed by atoms with Crippen molar-refractivity contribution in [3.63, 3.8) is 0 Å². The molecule has 0 N–H and O–H groups in total. The van der Waals surface area contributed by atoms with Gasteiger partial charge in [0.05, 0.1) is 0 Å². The Kier molecular flexibility index (Phi) is 10.6. The van der Waals surface area contributed by atoms with Crippen LogP contribution >= 0.6 is 0 Å². The van der Waals surface area contributed by atoms with Crippen LogP contribution in [0.2, 0.25) is 0 Å². The van der Waals surface area contributed by atoms with Crippen molar-refractivity contribution in [1.82, 2.24) is 0 Å². The highest BCUT2D eigenvalue weighted by Gasteiger charge is 2.19. The Morgan fingerprint density at radius 1 is 0.169 bits per heavy atom. The molecule has 0 aliphatic heterocycles. The van der Waals surface area contributed by atoms with Crippen LogP contribution in [0.1, 0.15) is 0 Å². The third kappa shape index (κ3) is 7.90. The number of nitrogens with zero attached hydrogens (tertiary/aromatic N) is 1. The molecule has 1 nitrogen and oxygen atoms in total. The van der Waals surface area contributed by atoms with E-state index in [1.165, 1.54) is 110 Å². The van der Waals surface area contributed by atoms with Crippen molar-refractivity contribution < 1.29 is 0 Å². The van der Waals surface area contributed by atoms with E-state index in [2.05, 4.69) is 290 Å². The van der Waals surface area contributed by atoms with Crippen molar-refractivity contribution in [3.8, 4) is 66.8 Å². The summed E-state index contributed by atoms with van der Waals surface area (Å²) in [5, 5.41) is 9.93. The Balaban J connectivity index is 0.890. The van der Waals surface area contributed by atoms with Gasteiger partial charge in [-0.2, -0.15) is 0 Å². The Hall–Kier alpha value is -9.30. The summed E-state index contributed by atoms with van der Waals surface area (Å²) in [5.74, 6) is 0. The highest BCUT2D eigenvalue weighted by Crippen LogP contribution is 2.46. The third-order valence-corrected chi connectivity index (χ3v) is 14.2. The monoisotopic (exact) mass is 901 g/mol. The first-order chi connectivity index (χ1) is 35.2. The Bertz CT molecular complexity index is 4050. The van der Waals surface area contributed by atoms with Gasteiger partial charge in [-0.05, 0) is 164 Å². The molecule has 0 amide bonds. The predicted octanol–water partition coefficient (Wildman–Crippen LogP) is 19.8. The fraction of sp³-hybridized carbons (Fsp3) is 0. The fourth-order valence-electron chi connectivity index (χ4n) is 10.6. The number of hydrogen-bond acceptors (Lipinski definition) is 1. The van der Waals surface area contributed by atoms with Gasteiger partial charge in [-0.15, -0.1) is 0 Å². The van der Waals surface area contributed by atoms with Crippen molar-refractivity contribution in [2.75, 3.05) is 4.90 Å². The average Bonchev–Trinajstić information content (AvgIpc) is 3.45. The zero-order chi connectivity index (χ0) is 47.1. The summed E-state index contributed by atoms with van der Waals surface area (Å²) in [6.07, 6.45) is 0. The second kappa shape index (κ2) is 18.0. The van der Waals surface area contributed by atoms with Crippen LogP contribution in [0.25, 0.3) is 110 Å². The molecule has 0 heterocycles. The molecular weight excluding hydrogens is 855 g/mol. The number of hydrogen-bond donors (Lipinski definition) is 0. The lowest BCUT2D eigenvalue weighted by molar-refractivity contribution is 1.29. The number of fused-ring (bicyclic) bond motifs is 5. The van der Waals surface area contributed by atoms with Crippen molar-refractivity contribution >= 4 is 60.2 Å². The summed E-state index contributed by atoms with van der Waals surface area (Å²) in [6.45, 7) is 0. The van der Waals surface area contributed by atoms with E-state index in [0.717, 1.165) is 17.1 Å². The third-order valence-electron chi connectivity index (χ3n) is 14.2. The Labute approximate surface area is 414 Å². The second-order valence-corrected chi connectivity index (χ2v) is 18.5. The van der Waals surface area contributed by atoms with Crippen LogP contribution in [-0.2, 0) is 0 Å². The lowest BCUT2D eigenvalue weighted by Crippen LogP contribution is -2.09. The molecule has 1 heteroatoms. The lowest BCUT2D eigenvalue weighted by Gasteiger charge is -2.26. The maximum absolute atomic E-state index is 2.41. The van der Waals surface area contributed by atoms with Crippen molar-refractivity contribution in [1.29, 1.82) is 0 Å². The molecule has 0 fully saturated rings. The lowest BCUT2D eigenvalue weighted by atomic mass is 9.84. The van der Waals surface area contributed by atoms with E-state index >= 15 is 0 Å². The summed E-state index contributed by atoms with van der Waals surface area (Å²) < 4.78 is 0. The molecule has 13 rings (SSSR count). The van der Waals surface area contributed by atoms with Gasteiger partial charge in [0.2, 0.25) is 0 Å². The highest BCUT2D eigenvalue weighted by atomic mass is 15.1. The van der Waals surface area contributed by atoms with E-state index in [1.54, 1.807) is 0 Å². The van der Waals surface area contributed by atoms with E-state index in [4.69, 9.17) is 0 Å². The van der Waals surface area contributed by atoms with Crippen molar-refractivity contribution in [2.24, 2.45) is 0 Å². The van der Waals surface area contributed by atoms with Crippen LogP contribution in [0.5, 0.6) is 0 Å². The van der Waals surface area contributed by atoms with Crippen LogP contribution in [0.3, 0.4) is 0 Å². The summed E-state index contributed by atoms with van der Waals surface area (Å²) >= 11 is 0. The minimum Gasteiger partial charge on any atom is -0.310 e. The summed E-state index contributed by atoms with van der Waals surface area (Å²) in [5.41, 5.74) is 17.8. The van der Waals surface area contributed by atoms with Gasteiger partial charge in [0.1, 0.15) is 0 Å². The topological polar surface area (TPSA) is 3.24 Å². The first-order valence-corrected chi connectivity index (χ1v) is 24.5. The van der Waals surface area contributed by atoms with E-state index in [0.29, 0.717) is 0 Å². The van der Waals surface area contributed by atoms with Crippen LogP contribution in [-0.4, -0.2) is 0 Å². The van der Waals surface area contributed by atoms with Gasteiger partial charge in [-0.3, -0.25) is 0 Å². The number of benzene rings is 13. The molecular formula is C70H47N. The van der Waals surface area contributed by atoms with Gasteiger partial charge < -0.3 is 4.90 Å². The van der Waals surface area contributed by atoms with Crippen LogP contribution in [0.15, 0.2) is 285 Å². The quantitative estimate of drug-likeness (QED) is 0.131. The largest absolute Gasteiger partial charge is 0.310 e. The molecule has 0 spiro atoms. The molecule has 0 atom stereocenters. The van der Waals surface area contributed by atoms with Crippen molar-refractivity contribution in [2.45, 2.75) is 0 Å². The normalized spacial score (nSPS) is 11.4. The molecule has 332 valence electrons. The fourth-order valence-corrected chi connectivity index (χ4v) is 10.6. The Morgan fingerprint density at radius 3 is 1.10 bits per heavy atom. The van der Waals surface area contributed by atoms with E-state index < -0.39 is 0 Å². The molecule has 71 heavy (non-hydrogen) atoms. The SMILES string of the molecule is c1ccc(-c2ccc3cc(N(c4ccc(-c5ccc(-c6ccc7ccccc7c6)cc5)cc4)c4ccc(-c5ccc6c(c5)c(-c5ccccc5)c(-c5ccccc5)c5ccccc56)cc4)ccc3c2)cc1. The average molecular weight is 902 g/mol. The second-order valence-electron chi connectivity index (χ2n) is 18.5. The summed E-state index contributed by atoms with van der Waals surface area (Å²) in [4.78, 5) is 2.38. The Morgan fingerprint density at radius 2 is 0.507 bits per heavy atom. The van der Waals surface area contributed by atoms with Crippen LogP contribution < -0.4 is 4.90 Å². The maximum Gasteiger partial charge on any atom is 0.0468 e. The van der Waals surface area contributed by atoms with Crippen molar-refractivity contribution in [3.05, 3.63) is 285 Å². The zero-order valence-electron chi connectivity index (χ0n) is 39.1. The first kappa shape index (κ1) is 41.9. The van der Waals surface area contributed by atoms with E-state index in [9.17, 15) is 0 Å². The smallest absolute Gasteiger partial charge is 0.0468 e. The molecule has 0 aliphatic carbocycles. The van der Waals surface area contributed by atoms with Gasteiger partial charge in [0.15, 0.2) is 0 Å². The molecule has 0 unspecified atom stereocenters. The van der Waals surface area contributed by atoms with Gasteiger partial charge in [0.25, 0.3) is 0 Å². The minimum atomic E-state index is 1.09. The van der Waals surface area contributed by atoms with Crippen LogP contribution in [0, 0.1) is 0 Å². The van der Waals surface area contributed by atoms with Crippen LogP contribution in [0.4, 0.5) is 17.1 Å². The molecule has 0 bridgehead atoms. The zero-order valence-corrected chi connectivity index (χ0v) is 39.1. The standard InChI is InChI=1S/C70H47N/c1-4-14-48(15-5-1)57-30-31-60-46-64(42-36-59(60)45-57)71(62-38-32-51(33-39-62)50-24-26-52(27-25-50)58-29-28-49-16-10-11-21-56(49)44-58)63-40-34-53(35-41-63)61-37-43-66-65-22-12-13-23-67(65)69(54-17-6-2-7-18-54)70(68(66)47-61)55-19-8-3-9-20-55/h1-47H. The summed E-state index contributed by atoms with van der Waals surface area (Å²) in [6, 6.07) is 104. The van der Waals surface area contributed by atoms with Gasteiger partial charge in [-0.1, -0.05) is 231 Å². The molecule has 0 aliphatic rings. The number of rotatable bonds is 9. The molecule has 0 aromatic heterocycles. The maximum atomic E-state index is 2.41. The van der Waals surface area contributed by atoms with Gasteiger partial charge in [-0.25, -0.2) is 0 Å².